The third-order valence-electron chi connectivity index (χ3n) is 0.505. The second kappa shape index (κ2) is 7.55. The van der Waals surface area contributed by atoms with Gasteiger partial charge in [0, 0.05) is 0 Å². The Hall–Kier alpha value is -0.560. The molecular weight excluding hydrogens is 176 g/mol. The molecular formula is C4H11ClN2O4. The van der Waals surface area contributed by atoms with Crippen LogP contribution in [0.3, 0.4) is 0 Å². The highest BCUT2D eigenvalue weighted by molar-refractivity contribution is 6.19. The number of urea groups is 1. The van der Waals surface area contributed by atoms with E-state index in [0.29, 0.717) is 0 Å². The maximum atomic E-state index is 9.00. The average molecular weight is 187 g/mol. The minimum absolute atomic E-state index is 0.509. The number of nitrogens with two attached hydrogens (primary N) is 2. The van der Waals surface area contributed by atoms with E-state index in [1.807, 2.05) is 0 Å². The number of halogens is 1. The van der Waals surface area contributed by atoms with Gasteiger partial charge in [0.05, 0.1) is 6.61 Å². The topological polar surface area (TPSA) is 130 Å². The van der Waals surface area contributed by atoms with Crippen molar-refractivity contribution in [3.05, 3.63) is 0 Å². The summed E-state index contributed by atoms with van der Waals surface area (Å²) in [6.45, 7) is -0.509. The summed E-state index contributed by atoms with van der Waals surface area (Å²) in [5, 5.41) is 24.5. The molecule has 7 N–H and O–H groups in total. The molecule has 0 aliphatic heterocycles. The minimum atomic E-state index is -1.36. The van der Waals surface area contributed by atoms with Gasteiger partial charge in [0.2, 0.25) is 0 Å². The summed E-state index contributed by atoms with van der Waals surface area (Å²) in [4.78, 5) is 9.00. The molecule has 0 rings (SSSR count). The van der Waals surface area contributed by atoms with Gasteiger partial charge in [-0.2, -0.15) is 0 Å². The van der Waals surface area contributed by atoms with Crippen LogP contribution < -0.4 is 11.5 Å². The lowest BCUT2D eigenvalue weighted by Gasteiger charge is -2.05. The zero-order valence-corrected chi connectivity index (χ0v) is 6.40. The fraction of sp³-hybridized carbons (Fsp3) is 0.750. The standard InChI is InChI=1S/C3H7ClO3.CH4N2O/c4-3(7)2(6)1-5;2-1(3)4/h2-3,5-7H,1H2;(H4,2,3,4). The van der Waals surface area contributed by atoms with E-state index in [1.165, 1.54) is 0 Å². The highest BCUT2D eigenvalue weighted by Crippen LogP contribution is 1.95. The van der Waals surface area contributed by atoms with Crippen molar-refractivity contribution < 1.29 is 20.1 Å². The molecule has 6 nitrogen and oxygen atoms in total. The number of alkyl halides is 1. The molecule has 0 radical (unpaired) electrons. The number of rotatable bonds is 2. The predicted octanol–water partition coefficient (Wildman–Crippen LogP) is -2.08. The number of hydrogen-bond donors (Lipinski definition) is 5. The Morgan fingerprint density at radius 2 is 1.73 bits per heavy atom. The van der Waals surface area contributed by atoms with Crippen molar-refractivity contribution in [2.24, 2.45) is 11.5 Å². The van der Waals surface area contributed by atoms with Gasteiger partial charge in [-0.3, -0.25) is 0 Å². The summed E-state index contributed by atoms with van der Waals surface area (Å²) in [5.74, 6) is 0. The van der Waals surface area contributed by atoms with Crippen LogP contribution in [0.4, 0.5) is 4.79 Å². The average Bonchev–Trinajstić information content (AvgIpc) is 1.85. The van der Waals surface area contributed by atoms with Gasteiger partial charge in [0.15, 0.2) is 5.56 Å². The SMILES string of the molecule is NC(N)=O.OCC(O)C(O)Cl. The van der Waals surface area contributed by atoms with Crippen LogP contribution in [-0.4, -0.2) is 39.6 Å². The number of primary amides is 2. The Labute approximate surface area is 68.4 Å². The fourth-order valence-corrected chi connectivity index (χ4v) is 0.167. The molecule has 2 atom stereocenters. The Balaban J connectivity index is 0. The largest absolute Gasteiger partial charge is 0.394 e. The third-order valence-corrected chi connectivity index (χ3v) is 0.795. The molecule has 68 valence electrons. The number of hydrogen-bond acceptors (Lipinski definition) is 4. The van der Waals surface area contributed by atoms with Crippen molar-refractivity contribution in [2.45, 2.75) is 11.7 Å². The Morgan fingerprint density at radius 1 is 1.45 bits per heavy atom. The van der Waals surface area contributed by atoms with Crippen molar-refractivity contribution in [3.63, 3.8) is 0 Å². The zero-order chi connectivity index (χ0) is 9.44. The Kier molecular flexibility index (Phi) is 8.96. The molecule has 2 amide bonds. The lowest BCUT2D eigenvalue weighted by atomic mass is 10.4. The number of amides is 2. The molecule has 0 spiro atoms. The monoisotopic (exact) mass is 186 g/mol. The van der Waals surface area contributed by atoms with Crippen molar-refractivity contribution in [3.8, 4) is 0 Å². The normalized spacial score (nSPS) is 14.2. The molecule has 0 bridgehead atoms. The lowest BCUT2D eigenvalue weighted by molar-refractivity contribution is 0.0250. The summed E-state index contributed by atoms with van der Waals surface area (Å²) in [6.07, 6.45) is -1.22. The molecule has 0 aliphatic carbocycles. The first kappa shape index (κ1) is 13.1. The van der Waals surface area contributed by atoms with Gasteiger partial charge in [0.1, 0.15) is 6.10 Å². The van der Waals surface area contributed by atoms with E-state index in [1.54, 1.807) is 0 Å². The van der Waals surface area contributed by atoms with Gasteiger partial charge < -0.3 is 26.8 Å². The third kappa shape index (κ3) is 17.7. The van der Waals surface area contributed by atoms with Gasteiger partial charge in [-0.25, -0.2) is 4.79 Å². The van der Waals surface area contributed by atoms with E-state index in [9.17, 15) is 0 Å². The van der Waals surface area contributed by atoms with Crippen molar-refractivity contribution in [1.82, 2.24) is 0 Å². The first-order chi connectivity index (χ1) is 4.91. The molecule has 0 aromatic heterocycles. The number of aliphatic hydroxyl groups excluding tert-OH is 3. The summed E-state index contributed by atoms with van der Waals surface area (Å²) < 4.78 is 0. The summed E-state index contributed by atoms with van der Waals surface area (Å²) >= 11 is 4.87. The summed E-state index contributed by atoms with van der Waals surface area (Å²) in [7, 11) is 0. The Bertz CT molecular complexity index is 106. The number of carbonyl (C=O) groups is 1. The fourth-order valence-electron chi connectivity index (χ4n) is 0.0870. The summed E-state index contributed by atoms with van der Waals surface area (Å²) in [6, 6.07) is -0.833. The van der Waals surface area contributed by atoms with E-state index in [4.69, 9.17) is 31.7 Å². The van der Waals surface area contributed by atoms with Crippen LogP contribution in [0, 0.1) is 0 Å². The van der Waals surface area contributed by atoms with Crippen LogP contribution in [0.25, 0.3) is 0 Å². The number of carbonyl (C=O) groups excluding carboxylic acids is 1. The van der Waals surface area contributed by atoms with E-state index in [0.717, 1.165) is 0 Å². The molecule has 7 heteroatoms. The Morgan fingerprint density at radius 3 is 1.73 bits per heavy atom. The molecule has 0 aromatic rings. The molecule has 11 heavy (non-hydrogen) atoms. The van der Waals surface area contributed by atoms with E-state index >= 15 is 0 Å². The van der Waals surface area contributed by atoms with Gasteiger partial charge >= 0.3 is 6.03 Å². The van der Waals surface area contributed by atoms with Crippen LogP contribution in [0.5, 0.6) is 0 Å². The van der Waals surface area contributed by atoms with Crippen LogP contribution in [0.15, 0.2) is 0 Å². The van der Waals surface area contributed by atoms with Gasteiger partial charge in [-0.1, -0.05) is 11.6 Å². The quantitative estimate of drug-likeness (QED) is 0.317. The second-order valence-corrected chi connectivity index (χ2v) is 1.97. The van der Waals surface area contributed by atoms with Gasteiger partial charge in [-0.15, -0.1) is 0 Å². The van der Waals surface area contributed by atoms with Crippen LogP contribution in [-0.2, 0) is 0 Å². The van der Waals surface area contributed by atoms with Crippen LogP contribution in [0.1, 0.15) is 0 Å². The van der Waals surface area contributed by atoms with E-state index in [2.05, 4.69) is 11.5 Å². The molecule has 0 fully saturated rings. The number of aliphatic hydroxyl groups is 3. The highest BCUT2D eigenvalue weighted by atomic mass is 35.5. The van der Waals surface area contributed by atoms with Crippen LogP contribution in [0.2, 0.25) is 0 Å². The first-order valence-electron chi connectivity index (χ1n) is 2.57. The van der Waals surface area contributed by atoms with Gasteiger partial charge in [-0.05, 0) is 0 Å². The maximum Gasteiger partial charge on any atom is 0.309 e. The van der Waals surface area contributed by atoms with Crippen molar-refractivity contribution in [2.75, 3.05) is 6.61 Å². The molecule has 0 saturated heterocycles. The lowest BCUT2D eigenvalue weighted by Crippen LogP contribution is -2.23. The van der Waals surface area contributed by atoms with Crippen molar-refractivity contribution in [1.29, 1.82) is 0 Å². The van der Waals surface area contributed by atoms with Gasteiger partial charge in [0.25, 0.3) is 0 Å². The van der Waals surface area contributed by atoms with E-state index in [-0.39, 0.29) is 0 Å². The zero-order valence-electron chi connectivity index (χ0n) is 5.64. The molecule has 0 aromatic carbocycles. The van der Waals surface area contributed by atoms with Crippen LogP contribution >= 0.6 is 11.6 Å². The predicted molar refractivity (Wildman–Crippen MR) is 38.7 cm³/mol. The highest BCUT2D eigenvalue weighted by Gasteiger charge is 2.09. The van der Waals surface area contributed by atoms with Crippen molar-refractivity contribution >= 4 is 17.6 Å². The maximum absolute atomic E-state index is 9.00. The molecule has 0 aliphatic rings. The smallest absolute Gasteiger partial charge is 0.309 e. The molecule has 0 saturated carbocycles. The van der Waals surface area contributed by atoms with E-state index < -0.39 is 24.3 Å². The first-order valence-corrected chi connectivity index (χ1v) is 3.01. The molecule has 2 unspecified atom stereocenters. The minimum Gasteiger partial charge on any atom is -0.394 e. The molecule has 0 heterocycles. The second-order valence-electron chi connectivity index (χ2n) is 1.52. The summed E-state index contributed by atoms with van der Waals surface area (Å²) in [5.41, 5.74) is 7.14.